The van der Waals surface area contributed by atoms with E-state index in [1.54, 1.807) is 5.38 Å². The molecule has 0 fully saturated rings. The monoisotopic (exact) mass is 324 g/mol. The minimum Gasteiger partial charge on any atom is -0.394 e. The molecule has 2 aromatic rings. The first kappa shape index (κ1) is 15.4. The quantitative estimate of drug-likeness (QED) is 0.908. The first-order valence-electron chi connectivity index (χ1n) is 5.91. The molecular weight excluding hydrogens is 315 g/mol. The van der Waals surface area contributed by atoms with E-state index in [0.717, 1.165) is 17.4 Å². The van der Waals surface area contributed by atoms with Gasteiger partial charge in [-0.2, -0.15) is 5.26 Å². The highest BCUT2D eigenvalue weighted by Gasteiger charge is 2.19. The number of carbonyl (C=O) groups is 1. The number of carbonyl (C=O) groups excluding carboxylic acids is 1. The van der Waals surface area contributed by atoms with Crippen LogP contribution in [0.4, 0.5) is 4.39 Å². The van der Waals surface area contributed by atoms with Crippen molar-refractivity contribution in [1.29, 1.82) is 5.26 Å². The predicted molar refractivity (Wildman–Crippen MR) is 77.7 cm³/mol. The summed E-state index contributed by atoms with van der Waals surface area (Å²) in [6, 6.07) is 6.70. The first-order chi connectivity index (χ1) is 10.1. The zero-order valence-electron chi connectivity index (χ0n) is 10.6. The number of hydrogen-bond acceptors (Lipinski definition) is 4. The summed E-state index contributed by atoms with van der Waals surface area (Å²) in [5.74, 6) is -1.12. The molecule has 0 spiro atoms. The fourth-order valence-electron chi connectivity index (χ4n) is 1.76. The van der Waals surface area contributed by atoms with Gasteiger partial charge in [-0.3, -0.25) is 4.79 Å². The highest BCUT2D eigenvalue weighted by molar-refractivity contribution is 7.12. The Morgan fingerprint density at radius 1 is 1.52 bits per heavy atom. The molecule has 2 N–H and O–H groups in total. The van der Waals surface area contributed by atoms with Gasteiger partial charge in [0.15, 0.2) is 0 Å². The van der Waals surface area contributed by atoms with Crippen molar-refractivity contribution in [2.45, 2.75) is 6.04 Å². The summed E-state index contributed by atoms with van der Waals surface area (Å²) >= 11 is 6.72. The molecule has 0 aliphatic heterocycles. The minimum absolute atomic E-state index is 0.0354. The Labute approximate surface area is 129 Å². The number of hydrogen-bond donors (Lipinski definition) is 2. The van der Waals surface area contributed by atoms with Gasteiger partial charge in [-0.25, -0.2) is 4.39 Å². The lowest BCUT2D eigenvalue weighted by Gasteiger charge is -2.16. The van der Waals surface area contributed by atoms with E-state index in [1.807, 2.05) is 6.07 Å². The summed E-state index contributed by atoms with van der Waals surface area (Å²) in [5.41, 5.74) is 0.652. The van der Waals surface area contributed by atoms with Crippen molar-refractivity contribution in [3.63, 3.8) is 0 Å². The molecule has 0 bridgehead atoms. The summed E-state index contributed by atoms with van der Waals surface area (Å²) in [6.07, 6.45) is 0. The summed E-state index contributed by atoms with van der Waals surface area (Å²) in [5, 5.41) is 22.4. The summed E-state index contributed by atoms with van der Waals surface area (Å²) in [7, 11) is 0. The molecule has 1 heterocycles. The molecular formula is C14H10ClFN2O2S. The topological polar surface area (TPSA) is 73.1 Å². The lowest BCUT2D eigenvalue weighted by atomic mass is 10.1. The third-order valence-corrected chi connectivity index (χ3v) is 4.05. The molecule has 1 aromatic carbocycles. The average molecular weight is 325 g/mol. The molecule has 0 saturated carbocycles. The van der Waals surface area contributed by atoms with Crippen LogP contribution in [0.2, 0.25) is 5.02 Å². The van der Waals surface area contributed by atoms with Crippen molar-refractivity contribution in [2.24, 2.45) is 0 Å². The molecule has 7 heteroatoms. The smallest absolute Gasteiger partial charge is 0.263 e. The molecule has 0 aliphatic rings. The van der Waals surface area contributed by atoms with Crippen LogP contribution in [0.5, 0.6) is 0 Å². The molecule has 1 unspecified atom stereocenters. The van der Waals surface area contributed by atoms with Crippen molar-refractivity contribution in [3.8, 4) is 6.07 Å². The Hall–Kier alpha value is -1.94. The van der Waals surface area contributed by atoms with Crippen LogP contribution < -0.4 is 5.32 Å². The Morgan fingerprint density at radius 3 is 2.90 bits per heavy atom. The van der Waals surface area contributed by atoms with Crippen molar-refractivity contribution in [2.75, 3.05) is 6.61 Å². The number of amides is 1. The summed E-state index contributed by atoms with van der Waals surface area (Å²) in [6.45, 7) is -0.403. The first-order valence-corrected chi connectivity index (χ1v) is 7.17. The van der Waals surface area contributed by atoms with Crippen molar-refractivity contribution in [1.82, 2.24) is 5.32 Å². The van der Waals surface area contributed by atoms with Crippen LogP contribution >= 0.6 is 22.9 Å². The van der Waals surface area contributed by atoms with Crippen LogP contribution in [0.1, 0.15) is 26.8 Å². The molecule has 0 aliphatic carbocycles. The maximum atomic E-state index is 13.4. The van der Waals surface area contributed by atoms with E-state index in [1.165, 1.54) is 18.2 Å². The Bertz CT molecular complexity index is 711. The van der Waals surface area contributed by atoms with Crippen LogP contribution in [-0.4, -0.2) is 17.6 Å². The fourth-order valence-corrected chi connectivity index (χ4v) is 2.62. The maximum Gasteiger partial charge on any atom is 0.263 e. The lowest BCUT2D eigenvalue weighted by molar-refractivity contribution is 0.0920. The van der Waals surface area contributed by atoms with Gasteiger partial charge in [0.25, 0.3) is 5.91 Å². The Morgan fingerprint density at radius 2 is 2.29 bits per heavy atom. The summed E-state index contributed by atoms with van der Waals surface area (Å²) < 4.78 is 13.4. The van der Waals surface area contributed by atoms with Crippen molar-refractivity contribution < 1.29 is 14.3 Å². The lowest BCUT2D eigenvalue weighted by Crippen LogP contribution is -2.30. The number of benzene rings is 1. The minimum atomic E-state index is -0.780. The van der Waals surface area contributed by atoms with Gasteiger partial charge < -0.3 is 10.4 Å². The molecule has 0 radical (unpaired) electrons. The second-order valence-electron chi connectivity index (χ2n) is 4.16. The van der Waals surface area contributed by atoms with E-state index < -0.39 is 24.4 Å². The standard InChI is InChI=1S/C14H10ClFN2O2S/c15-10-2-1-8(5-11(10)16)12(7-19)18-14(20)13-9(6-17)3-4-21-13/h1-5,12,19H,7H2,(H,18,20). The molecule has 108 valence electrons. The average Bonchev–Trinajstić information content (AvgIpc) is 2.96. The van der Waals surface area contributed by atoms with Crippen LogP contribution in [0.25, 0.3) is 0 Å². The van der Waals surface area contributed by atoms with E-state index in [9.17, 15) is 14.3 Å². The molecule has 4 nitrogen and oxygen atoms in total. The number of nitriles is 1. The molecule has 21 heavy (non-hydrogen) atoms. The highest BCUT2D eigenvalue weighted by Crippen LogP contribution is 2.22. The van der Waals surface area contributed by atoms with E-state index in [0.29, 0.717) is 5.56 Å². The van der Waals surface area contributed by atoms with Gasteiger partial charge in [0.1, 0.15) is 16.8 Å². The molecule has 1 aromatic heterocycles. The third-order valence-electron chi connectivity index (χ3n) is 2.83. The highest BCUT2D eigenvalue weighted by atomic mass is 35.5. The van der Waals surface area contributed by atoms with Gasteiger partial charge >= 0.3 is 0 Å². The number of aliphatic hydroxyl groups excluding tert-OH is 1. The zero-order chi connectivity index (χ0) is 15.4. The van der Waals surface area contributed by atoms with Crippen LogP contribution in [0.15, 0.2) is 29.6 Å². The second-order valence-corrected chi connectivity index (χ2v) is 5.48. The maximum absolute atomic E-state index is 13.4. The summed E-state index contributed by atoms with van der Waals surface area (Å²) in [4.78, 5) is 12.4. The number of halogens is 2. The zero-order valence-corrected chi connectivity index (χ0v) is 12.2. The second kappa shape index (κ2) is 6.68. The number of nitrogens with one attached hydrogen (secondary N) is 1. The third kappa shape index (κ3) is 3.39. The van der Waals surface area contributed by atoms with Gasteiger partial charge in [-0.05, 0) is 29.1 Å². The van der Waals surface area contributed by atoms with E-state index in [4.69, 9.17) is 16.9 Å². The Kier molecular flexibility index (Phi) is 4.91. The van der Waals surface area contributed by atoms with Crippen LogP contribution in [0.3, 0.4) is 0 Å². The van der Waals surface area contributed by atoms with E-state index in [2.05, 4.69) is 5.32 Å². The fraction of sp³-hybridized carbons (Fsp3) is 0.143. The van der Waals surface area contributed by atoms with Gasteiger partial charge in [0.2, 0.25) is 0 Å². The van der Waals surface area contributed by atoms with Crippen LogP contribution in [0, 0.1) is 17.1 Å². The number of rotatable bonds is 4. The largest absolute Gasteiger partial charge is 0.394 e. The molecule has 2 rings (SSSR count). The molecule has 1 atom stereocenters. The van der Waals surface area contributed by atoms with Crippen LogP contribution in [-0.2, 0) is 0 Å². The number of nitrogens with zero attached hydrogens (tertiary/aromatic N) is 1. The predicted octanol–water partition coefficient (Wildman–Crippen LogP) is 2.88. The van der Waals surface area contributed by atoms with Gasteiger partial charge in [-0.1, -0.05) is 17.7 Å². The van der Waals surface area contributed by atoms with E-state index >= 15 is 0 Å². The van der Waals surface area contributed by atoms with Crippen molar-refractivity contribution >= 4 is 28.8 Å². The van der Waals surface area contributed by atoms with Gasteiger partial charge in [-0.15, -0.1) is 11.3 Å². The number of thiophene rings is 1. The van der Waals surface area contributed by atoms with Gasteiger partial charge in [0.05, 0.1) is 23.2 Å². The SMILES string of the molecule is N#Cc1ccsc1C(=O)NC(CO)c1ccc(Cl)c(F)c1. The molecule has 1 amide bonds. The molecule has 0 saturated heterocycles. The van der Waals surface area contributed by atoms with Crippen molar-refractivity contribution in [3.05, 3.63) is 56.5 Å². The van der Waals surface area contributed by atoms with E-state index in [-0.39, 0.29) is 15.5 Å². The Balaban J connectivity index is 2.21. The number of aliphatic hydroxyl groups is 1. The normalized spacial score (nSPS) is 11.7. The van der Waals surface area contributed by atoms with Gasteiger partial charge in [0, 0.05) is 0 Å².